The second-order valence-corrected chi connectivity index (χ2v) is 7.48. The van der Waals surface area contributed by atoms with Gasteiger partial charge in [-0.15, -0.1) is 0 Å². The minimum Gasteiger partial charge on any atom is -0.456 e. The molecule has 0 spiro atoms. The summed E-state index contributed by atoms with van der Waals surface area (Å²) < 4.78 is 5.04. The number of rotatable bonds is 7. The molecular weight excluding hydrogens is 396 g/mol. The Morgan fingerprint density at radius 1 is 1.06 bits per heavy atom. The Balaban J connectivity index is 1.23. The molecule has 0 unspecified atom stereocenters. The summed E-state index contributed by atoms with van der Waals surface area (Å²) in [5.41, 5.74) is 2.12. The molecule has 31 heavy (non-hydrogen) atoms. The molecule has 2 N–H and O–H groups in total. The van der Waals surface area contributed by atoms with Gasteiger partial charge in [-0.1, -0.05) is 12.1 Å². The molecule has 1 saturated heterocycles. The Bertz CT molecular complexity index is 1130. The second kappa shape index (κ2) is 9.42. The van der Waals surface area contributed by atoms with Crippen molar-refractivity contribution in [3.05, 3.63) is 64.7 Å². The molecule has 8 nitrogen and oxygen atoms in total. The van der Waals surface area contributed by atoms with E-state index in [1.54, 1.807) is 24.3 Å². The van der Waals surface area contributed by atoms with Crippen molar-refractivity contribution in [3.8, 4) is 0 Å². The molecule has 1 aromatic heterocycles. The standard InChI is InChI=1S/C23H24N4O4/c28-21(24-16-7-9-17(10-8-16)27-13-3-4-14-27)15-31-22(29)12-11-20-25-19-6-2-1-5-18(19)23(30)26-20/h1-2,5-10H,3-4,11-15H2,(H,24,28)(H,25,26,30). The lowest BCUT2D eigenvalue weighted by Gasteiger charge is -2.17. The van der Waals surface area contributed by atoms with Gasteiger partial charge in [-0.2, -0.15) is 0 Å². The zero-order valence-corrected chi connectivity index (χ0v) is 17.1. The van der Waals surface area contributed by atoms with Gasteiger partial charge in [0.15, 0.2) is 6.61 Å². The van der Waals surface area contributed by atoms with Crippen LogP contribution in [0.25, 0.3) is 10.9 Å². The number of hydrogen-bond acceptors (Lipinski definition) is 6. The fourth-order valence-corrected chi connectivity index (χ4v) is 3.62. The summed E-state index contributed by atoms with van der Waals surface area (Å²) in [6.07, 6.45) is 2.64. The molecule has 4 rings (SSSR count). The molecule has 0 saturated carbocycles. The van der Waals surface area contributed by atoms with E-state index in [9.17, 15) is 14.4 Å². The van der Waals surface area contributed by atoms with Crippen LogP contribution < -0.4 is 15.8 Å². The summed E-state index contributed by atoms with van der Waals surface area (Å²) >= 11 is 0. The number of hydrogen-bond donors (Lipinski definition) is 2. The molecule has 0 bridgehead atoms. The van der Waals surface area contributed by atoms with E-state index in [-0.39, 0.29) is 25.0 Å². The van der Waals surface area contributed by atoms with Gasteiger partial charge in [0.25, 0.3) is 11.5 Å². The number of para-hydroxylation sites is 1. The van der Waals surface area contributed by atoms with Crippen LogP contribution in [0.2, 0.25) is 0 Å². The number of fused-ring (bicyclic) bond motifs is 1. The first-order chi connectivity index (χ1) is 15.1. The highest BCUT2D eigenvalue weighted by molar-refractivity contribution is 5.93. The monoisotopic (exact) mass is 420 g/mol. The van der Waals surface area contributed by atoms with Crippen LogP contribution in [0, 0.1) is 0 Å². The zero-order valence-electron chi connectivity index (χ0n) is 17.1. The molecule has 1 amide bonds. The molecule has 1 aliphatic rings. The van der Waals surface area contributed by atoms with Crippen molar-refractivity contribution in [2.24, 2.45) is 0 Å². The van der Waals surface area contributed by atoms with Gasteiger partial charge in [0.1, 0.15) is 5.82 Å². The zero-order chi connectivity index (χ0) is 21.6. The van der Waals surface area contributed by atoms with Gasteiger partial charge in [0.05, 0.1) is 17.3 Å². The third-order valence-corrected chi connectivity index (χ3v) is 5.21. The van der Waals surface area contributed by atoms with Gasteiger partial charge in [-0.05, 0) is 49.2 Å². The maximum absolute atomic E-state index is 12.1. The van der Waals surface area contributed by atoms with Crippen LogP contribution in [0.3, 0.4) is 0 Å². The van der Waals surface area contributed by atoms with Crippen LogP contribution in [0.1, 0.15) is 25.1 Å². The van der Waals surface area contributed by atoms with Crippen molar-refractivity contribution >= 4 is 34.2 Å². The number of esters is 1. The van der Waals surface area contributed by atoms with Gasteiger partial charge >= 0.3 is 5.97 Å². The number of nitrogens with zero attached hydrogens (tertiary/aromatic N) is 2. The number of ether oxygens (including phenoxy) is 1. The van der Waals surface area contributed by atoms with E-state index in [2.05, 4.69) is 20.2 Å². The van der Waals surface area contributed by atoms with Gasteiger partial charge in [-0.25, -0.2) is 4.98 Å². The molecule has 160 valence electrons. The van der Waals surface area contributed by atoms with Crippen LogP contribution in [-0.2, 0) is 20.7 Å². The molecule has 1 aliphatic heterocycles. The molecule has 0 radical (unpaired) electrons. The average Bonchev–Trinajstić information content (AvgIpc) is 3.32. The average molecular weight is 420 g/mol. The van der Waals surface area contributed by atoms with E-state index >= 15 is 0 Å². The fourth-order valence-electron chi connectivity index (χ4n) is 3.62. The molecule has 1 fully saturated rings. The Hall–Kier alpha value is -3.68. The SMILES string of the molecule is O=C(COC(=O)CCc1nc2ccccc2c(=O)[nH]1)Nc1ccc(N2CCCC2)cc1. The number of aromatic nitrogens is 2. The topological polar surface area (TPSA) is 104 Å². The number of carbonyl (C=O) groups is 2. The number of H-pyrrole nitrogens is 1. The third kappa shape index (κ3) is 5.28. The first-order valence-electron chi connectivity index (χ1n) is 10.4. The minimum atomic E-state index is -0.532. The maximum Gasteiger partial charge on any atom is 0.306 e. The summed E-state index contributed by atoms with van der Waals surface area (Å²) in [5.74, 6) is -0.530. The highest BCUT2D eigenvalue weighted by Gasteiger charge is 2.13. The fraction of sp³-hybridized carbons (Fsp3) is 0.304. The Kier molecular flexibility index (Phi) is 6.26. The number of aromatic amines is 1. The van der Waals surface area contributed by atoms with Crippen LogP contribution in [0.5, 0.6) is 0 Å². The number of nitrogens with one attached hydrogen (secondary N) is 2. The predicted molar refractivity (Wildman–Crippen MR) is 118 cm³/mol. The summed E-state index contributed by atoms with van der Waals surface area (Å²) in [7, 11) is 0. The molecule has 2 aromatic carbocycles. The number of carbonyl (C=O) groups excluding carboxylic acids is 2. The summed E-state index contributed by atoms with van der Waals surface area (Å²) in [6.45, 7) is 1.75. The molecular formula is C23H24N4O4. The summed E-state index contributed by atoms with van der Waals surface area (Å²) in [5, 5.41) is 3.22. The van der Waals surface area contributed by atoms with Crippen LogP contribution >= 0.6 is 0 Å². The van der Waals surface area contributed by atoms with Crippen LogP contribution in [-0.4, -0.2) is 41.5 Å². The molecule has 0 atom stereocenters. The van der Waals surface area contributed by atoms with Crippen LogP contribution in [0.4, 0.5) is 11.4 Å². The lowest BCUT2D eigenvalue weighted by atomic mass is 10.2. The maximum atomic E-state index is 12.1. The smallest absolute Gasteiger partial charge is 0.306 e. The van der Waals surface area contributed by atoms with Gasteiger partial charge in [0.2, 0.25) is 0 Å². The van der Waals surface area contributed by atoms with E-state index in [0.29, 0.717) is 22.4 Å². The van der Waals surface area contributed by atoms with E-state index in [4.69, 9.17) is 4.74 Å². The van der Waals surface area contributed by atoms with Crippen molar-refractivity contribution in [3.63, 3.8) is 0 Å². The number of amides is 1. The van der Waals surface area contributed by atoms with Crippen molar-refractivity contribution in [1.29, 1.82) is 0 Å². The van der Waals surface area contributed by atoms with E-state index < -0.39 is 11.9 Å². The minimum absolute atomic E-state index is 0.0130. The summed E-state index contributed by atoms with van der Waals surface area (Å²) in [6, 6.07) is 14.6. The number of anilines is 2. The van der Waals surface area contributed by atoms with E-state index in [1.807, 2.05) is 24.3 Å². The van der Waals surface area contributed by atoms with E-state index in [1.165, 1.54) is 12.8 Å². The lowest BCUT2D eigenvalue weighted by Crippen LogP contribution is -2.21. The van der Waals surface area contributed by atoms with E-state index in [0.717, 1.165) is 18.8 Å². The van der Waals surface area contributed by atoms with Gasteiger partial charge in [-0.3, -0.25) is 14.4 Å². The number of benzene rings is 2. The Labute approximate surface area is 179 Å². The van der Waals surface area contributed by atoms with Crippen molar-refractivity contribution in [2.45, 2.75) is 25.7 Å². The first kappa shape index (κ1) is 20.6. The predicted octanol–water partition coefficient (Wildman–Crippen LogP) is 2.64. The Morgan fingerprint density at radius 2 is 1.81 bits per heavy atom. The molecule has 0 aliphatic carbocycles. The number of aryl methyl sites for hydroxylation is 1. The third-order valence-electron chi connectivity index (χ3n) is 5.21. The van der Waals surface area contributed by atoms with Gasteiger partial charge in [0, 0.05) is 30.9 Å². The van der Waals surface area contributed by atoms with Crippen LogP contribution in [0.15, 0.2) is 53.3 Å². The molecule has 8 heteroatoms. The largest absolute Gasteiger partial charge is 0.456 e. The normalized spacial score (nSPS) is 13.4. The van der Waals surface area contributed by atoms with Crippen molar-refractivity contribution in [1.82, 2.24) is 9.97 Å². The highest BCUT2D eigenvalue weighted by atomic mass is 16.5. The highest BCUT2D eigenvalue weighted by Crippen LogP contribution is 2.22. The quantitative estimate of drug-likeness (QED) is 0.570. The summed E-state index contributed by atoms with van der Waals surface area (Å²) in [4.78, 5) is 45.4. The van der Waals surface area contributed by atoms with Gasteiger partial charge < -0.3 is 19.9 Å². The molecule has 3 aromatic rings. The first-order valence-corrected chi connectivity index (χ1v) is 10.4. The van der Waals surface area contributed by atoms with Crippen molar-refractivity contribution < 1.29 is 14.3 Å². The molecule has 2 heterocycles. The lowest BCUT2D eigenvalue weighted by molar-refractivity contribution is -0.147. The second-order valence-electron chi connectivity index (χ2n) is 7.48. The Morgan fingerprint density at radius 3 is 2.58 bits per heavy atom. The van der Waals surface area contributed by atoms with Crippen molar-refractivity contribution in [2.75, 3.05) is 29.9 Å².